The van der Waals surface area contributed by atoms with E-state index in [1.54, 1.807) is 48.5 Å². The predicted molar refractivity (Wildman–Crippen MR) is 112 cm³/mol. The highest BCUT2D eigenvalue weighted by atomic mass is 32.1. The highest BCUT2D eigenvalue weighted by Gasteiger charge is 2.29. The summed E-state index contributed by atoms with van der Waals surface area (Å²) >= 11 is 5.52. The van der Waals surface area contributed by atoms with Gasteiger partial charge in [-0.1, -0.05) is 24.4 Å². The number of aromatic nitrogens is 4. The Hall–Kier alpha value is -3.84. The molecule has 0 saturated heterocycles. The maximum atomic E-state index is 12.7. The third-order valence-electron chi connectivity index (χ3n) is 4.57. The van der Waals surface area contributed by atoms with Gasteiger partial charge < -0.3 is 15.0 Å². The van der Waals surface area contributed by atoms with Gasteiger partial charge in [0.1, 0.15) is 17.6 Å². The topological polar surface area (TPSA) is 120 Å². The minimum absolute atomic E-state index is 0.0757. The molecule has 30 heavy (non-hydrogen) atoms. The zero-order valence-corrected chi connectivity index (χ0v) is 16.8. The smallest absolute Gasteiger partial charge is 0.289 e. The number of ether oxygens (including phenoxy) is 1. The number of rotatable bonds is 4. The van der Waals surface area contributed by atoms with Gasteiger partial charge in [-0.3, -0.25) is 9.89 Å². The van der Waals surface area contributed by atoms with Crippen LogP contribution in [0.5, 0.6) is 5.75 Å². The van der Waals surface area contributed by atoms with Gasteiger partial charge in [0.05, 0.1) is 11.6 Å². The number of likely N-dealkylation sites (N-methyl/N-ethyl adjacent to an activating group) is 1. The van der Waals surface area contributed by atoms with Crippen molar-refractivity contribution >= 4 is 28.9 Å². The molecule has 1 aliphatic heterocycles. The molecule has 1 aliphatic rings. The Kier molecular flexibility index (Phi) is 5.36. The second kappa shape index (κ2) is 8.26. The monoisotopic (exact) mass is 419 g/mol. The molecule has 3 aromatic rings. The molecule has 4 rings (SSSR count). The number of carbonyl (C=O) groups is 1. The average molecular weight is 419 g/mol. The van der Waals surface area contributed by atoms with Crippen molar-refractivity contribution in [2.75, 3.05) is 18.6 Å². The standard InChI is InChI=1S/C20H17N7O2S/c1-27-18-15(6-3-7-22-18)29-11-14(20(27)30)23-19(28)17-24-16(25-26-17)9-12-4-2-5-13(8-12)10-21/h2-8,14H,9,11H2,1H3,(H,23,28)(H,24,25,26)/t14-/m0/s1. The van der Waals surface area contributed by atoms with E-state index in [0.29, 0.717) is 34.4 Å². The van der Waals surface area contributed by atoms with E-state index in [4.69, 9.17) is 22.2 Å². The van der Waals surface area contributed by atoms with E-state index >= 15 is 0 Å². The van der Waals surface area contributed by atoms with Crippen molar-refractivity contribution in [3.05, 3.63) is 65.4 Å². The Balaban J connectivity index is 1.44. The third-order valence-corrected chi connectivity index (χ3v) is 5.13. The van der Waals surface area contributed by atoms with Crippen LogP contribution >= 0.6 is 12.2 Å². The highest BCUT2D eigenvalue weighted by molar-refractivity contribution is 7.80. The summed E-state index contributed by atoms with van der Waals surface area (Å²) in [4.78, 5) is 23.4. The summed E-state index contributed by atoms with van der Waals surface area (Å²) in [5.41, 5.74) is 1.44. The number of amides is 1. The second-order valence-corrected chi connectivity index (χ2v) is 7.07. The normalized spacial score (nSPS) is 15.5. The summed E-state index contributed by atoms with van der Waals surface area (Å²) in [6.07, 6.45) is 2.05. The molecule has 0 unspecified atom stereocenters. The fourth-order valence-electron chi connectivity index (χ4n) is 3.07. The van der Waals surface area contributed by atoms with E-state index < -0.39 is 11.9 Å². The zero-order chi connectivity index (χ0) is 21.1. The maximum Gasteiger partial charge on any atom is 0.289 e. The molecule has 0 fully saturated rings. The molecule has 3 heterocycles. The predicted octanol–water partition coefficient (Wildman–Crippen LogP) is 1.62. The Morgan fingerprint density at radius 2 is 2.30 bits per heavy atom. The molecule has 150 valence electrons. The van der Waals surface area contributed by atoms with Gasteiger partial charge in [0.25, 0.3) is 5.91 Å². The van der Waals surface area contributed by atoms with Gasteiger partial charge >= 0.3 is 0 Å². The third kappa shape index (κ3) is 3.97. The molecular formula is C20H17N7O2S. The van der Waals surface area contributed by atoms with Gasteiger partial charge in [-0.25, -0.2) is 9.97 Å². The Bertz CT molecular complexity index is 1150. The average Bonchev–Trinajstić information content (AvgIpc) is 3.20. The number of anilines is 1. The molecule has 0 spiro atoms. The van der Waals surface area contributed by atoms with Crippen LogP contribution in [-0.4, -0.2) is 50.8 Å². The van der Waals surface area contributed by atoms with Gasteiger partial charge in [-0.2, -0.15) is 10.4 Å². The first-order valence-corrected chi connectivity index (χ1v) is 9.52. The van der Waals surface area contributed by atoms with Crippen LogP contribution in [0.1, 0.15) is 27.6 Å². The number of nitriles is 1. The van der Waals surface area contributed by atoms with Crippen LogP contribution in [0.25, 0.3) is 0 Å². The van der Waals surface area contributed by atoms with Gasteiger partial charge in [0.15, 0.2) is 17.4 Å². The maximum absolute atomic E-state index is 12.7. The van der Waals surface area contributed by atoms with Gasteiger partial charge in [0.2, 0.25) is 5.82 Å². The van der Waals surface area contributed by atoms with Gasteiger partial charge in [-0.05, 0) is 29.8 Å². The molecule has 2 N–H and O–H groups in total. The first-order chi connectivity index (χ1) is 14.5. The summed E-state index contributed by atoms with van der Waals surface area (Å²) in [5.74, 6) is 1.28. The number of hydrogen-bond donors (Lipinski definition) is 2. The molecular weight excluding hydrogens is 402 g/mol. The summed E-state index contributed by atoms with van der Waals surface area (Å²) in [6, 6.07) is 12.3. The number of pyridine rings is 1. The Morgan fingerprint density at radius 1 is 1.43 bits per heavy atom. The number of carbonyl (C=O) groups excluding carboxylic acids is 1. The van der Waals surface area contributed by atoms with Crippen molar-refractivity contribution in [1.29, 1.82) is 5.26 Å². The van der Waals surface area contributed by atoms with Crippen molar-refractivity contribution in [3.8, 4) is 11.8 Å². The molecule has 9 nitrogen and oxygen atoms in total. The van der Waals surface area contributed by atoms with Crippen LogP contribution in [0.3, 0.4) is 0 Å². The fourth-order valence-corrected chi connectivity index (χ4v) is 3.28. The molecule has 0 radical (unpaired) electrons. The lowest BCUT2D eigenvalue weighted by molar-refractivity contribution is 0.0927. The molecule has 2 aromatic heterocycles. The van der Waals surface area contributed by atoms with Gasteiger partial charge in [-0.15, -0.1) is 0 Å². The number of benzene rings is 1. The van der Waals surface area contributed by atoms with Crippen LogP contribution < -0.4 is 15.0 Å². The van der Waals surface area contributed by atoms with Gasteiger partial charge in [0, 0.05) is 19.7 Å². The summed E-state index contributed by atoms with van der Waals surface area (Å²) in [6.45, 7) is 0.176. The summed E-state index contributed by atoms with van der Waals surface area (Å²) in [7, 11) is 1.78. The van der Waals surface area contributed by atoms with E-state index in [9.17, 15) is 4.79 Å². The molecule has 0 bridgehead atoms. The lowest BCUT2D eigenvalue weighted by Gasteiger charge is -2.22. The number of hydrogen-bond acceptors (Lipinski definition) is 7. The first-order valence-electron chi connectivity index (χ1n) is 9.11. The number of thiocarbonyl (C=S) groups is 1. The number of nitrogens with zero attached hydrogens (tertiary/aromatic N) is 5. The Labute approximate surface area is 177 Å². The van der Waals surface area contributed by atoms with Crippen molar-refractivity contribution in [2.24, 2.45) is 0 Å². The van der Waals surface area contributed by atoms with E-state index in [0.717, 1.165) is 5.56 Å². The van der Waals surface area contributed by atoms with Crippen LogP contribution in [0.15, 0.2) is 42.6 Å². The van der Waals surface area contributed by atoms with E-state index in [1.165, 1.54) is 0 Å². The fraction of sp³-hybridized carbons (Fsp3) is 0.200. The lowest BCUT2D eigenvalue weighted by atomic mass is 10.1. The van der Waals surface area contributed by atoms with E-state index in [2.05, 4.69) is 31.6 Å². The van der Waals surface area contributed by atoms with Crippen molar-refractivity contribution in [1.82, 2.24) is 25.5 Å². The van der Waals surface area contributed by atoms with Crippen molar-refractivity contribution < 1.29 is 9.53 Å². The molecule has 1 aromatic carbocycles. The van der Waals surface area contributed by atoms with Crippen LogP contribution in [0, 0.1) is 11.3 Å². The molecule has 10 heteroatoms. The lowest BCUT2D eigenvalue weighted by Crippen LogP contribution is -2.48. The SMILES string of the molecule is CN1C(=S)[C@@H](NC(=O)c2nc(Cc3cccc(C#N)c3)n[nH]2)COc2cccnc21. The van der Waals surface area contributed by atoms with Crippen LogP contribution in [0.2, 0.25) is 0 Å². The summed E-state index contributed by atoms with van der Waals surface area (Å²) < 4.78 is 5.77. The largest absolute Gasteiger partial charge is 0.487 e. The first kappa shape index (κ1) is 19.5. The number of aromatic amines is 1. The number of nitrogens with one attached hydrogen (secondary N) is 2. The minimum Gasteiger partial charge on any atom is -0.487 e. The molecule has 0 aliphatic carbocycles. The van der Waals surface area contributed by atoms with Crippen molar-refractivity contribution in [3.63, 3.8) is 0 Å². The second-order valence-electron chi connectivity index (χ2n) is 6.65. The van der Waals surface area contributed by atoms with E-state index in [1.807, 2.05) is 6.07 Å². The zero-order valence-electron chi connectivity index (χ0n) is 16.0. The molecule has 1 amide bonds. The summed E-state index contributed by atoms with van der Waals surface area (Å²) in [5, 5.41) is 18.6. The quantitative estimate of drug-likeness (QED) is 0.612. The number of H-pyrrole nitrogens is 1. The van der Waals surface area contributed by atoms with Crippen LogP contribution in [-0.2, 0) is 6.42 Å². The van der Waals surface area contributed by atoms with E-state index in [-0.39, 0.29) is 12.4 Å². The highest BCUT2D eigenvalue weighted by Crippen LogP contribution is 2.27. The Morgan fingerprint density at radius 3 is 3.13 bits per heavy atom. The number of fused-ring (bicyclic) bond motifs is 1. The van der Waals surface area contributed by atoms with Crippen molar-refractivity contribution in [2.45, 2.75) is 12.5 Å². The minimum atomic E-state index is -0.535. The van der Waals surface area contributed by atoms with Crippen LogP contribution in [0.4, 0.5) is 5.82 Å². The molecule has 1 atom stereocenters. The molecule has 0 saturated carbocycles.